The maximum atomic E-state index is 13.4. The zero-order valence-corrected chi connectivity index (χ0v) is 31.5. The lowest BCUT2D eigenvalue weighted by Gasteiger charge is -2.26. The zero-order valence-electron chi connectivity index (χ0n) is 31.5. The first-order valence-corrected chi connectivity index (χ1v) is 18.7. The van der Waals surface area contributed by atoms with Gasteiger partial charge in [-0.2, -0.15) is 0 Å². The number of nitrogens with two attached hydrogens (primary N) is 5. The van der Waals surface area contributed by atoms with E-state index in [2.05, 4.69) is 31.9 Å². The number of aliphatic hydroxyl groups is 3. The van der Waals surface area contributed by atoms with Crippen LogP contribution in [0.3, 0.4) is 0 Å². The minimum absolute atomic E-state index is 0.0137. The van der Waals surface area contributed by atoms with Crippen LogP contribution in [0.15, 0.2) is 0 Å². The Labute approximate surface area is 321 Å². The summed E-state index contributed by atoms with van der Waals surface area (Å²) in [5.41, 5.74) is 27.9. The average Bonchev–Trinajstić information content (AvgIpc) is 3.16. The maximum absolute atomic E-state index is 13.4. The summed E-state index contributed by atoms with van der Waals surface area (Å²) in [6.45, 7) is -1.44. The van der Waals surface area contributed by atoms with Crippen LogP contribution in [-0.2, 0) is 33.6 Å². The van der Waals surface area contributed by atoms with Gasteiger partial charge in [-0.3, -0.25) is 28.8 Å². The van der Waals surface area contributed by atoms with Gasteiger partial charge in [0.2, 0.25) is 35.4 Å². The largest absolute Gasteiger partial charge is 0.480 e. The van der Waals surface area contributed by atoms with E-state index in [9.17, 15) is 54.0 Å². The third kappa shape index (κ3) is 21.0. The third-order valence-electron chi connectivity index (χ3n) is 8.47. The summed E-state index contributed by atoms with van der Waals surface area (Å²) in [5, 5.41) is 53.3. The van der Waals surface area contributed by atoms with Gasteiger partial charge in [-0.1, -0.05) is 6.42 Å². The number of amides is 6. The molecular formula is C33H65N11O11. The van der Waals surface area contributed by atoms with E-state index in [1.54, 1.807) is 0 Å². The van der Waals surface area contributed by atoms with E-state index in [-0.39, 0.29) is 38.8 Å². The van der Waals surface area contributed by atoms with Crippen LogP contribution in [0.1, 0.15) is 77.0 Å². The fourth-order valence-electron chi connectivity index (χ4n) is 5.14. The molecule has 0 aromatic heterocycles. The minimum atomic E-state index is -1.65. The molecule has 0 spiro atoms. The lowest BCUT2D eigenvalue weighted by Crippen LogP contribution is -2.61. The van der Waals surface area contributed by atoms with Crippen LogP contribution in [0.25, 0.3) is 0 Å². The first kappa shape index (κ1) is 51.0. The lowest BCUT2D eigenvalue weighted by molar-refractivity contribution is -0.143. The Hall–Kier alpha value is -4.03. The number of aliphatic hydroxyl groups excluding tert-OH is 3. The van der Waals surface area contributed by atoms with Crippen molar-refractivity contribution in [2.75, 3.05) is 46.0 Å². The highest BCUT2D eigenvalue weighted by Gasteiger charge is 2.33. The molecule has 0 aromatic carbocycles. The molecule has 0 aliphatic rings. The average molecular weight is 792 g/mol. The van der Waals surface area contributed by atoms with Crippen LogP contribution in [0, 0.1) is 0 Å². The molecule has 0 unspecified atom stereocenters. The Morgan fingerprint density at radius 1 is 0.382 bits per heavy atom. The molecule has 318 valence electrons. The van der Waals surface area contributed by atoms with Gasteiger partial charge in [-0.15, -0.1) is 0 Å². The summed E-state index contributed by atoms with van der Waals surface area (Å²) < 4.78 is 0. The summed E-state index contributed by atoms with van der Waals surface area (Å²) in [4.78, 5) is 90.1. The van der Waals surface area contributed by atoms with Crippen molar-refractivity contribution in [1.82, 2.24) is 31.9 Å². The third-order valence-corrected chi connectivity index (χ3v) is 8.47. The minimum Gasteiger partial charge on any atom is -0.480 e. The van der Waals surface area contributed by atoms with Gasteiger partial charge in [0.05, 0.1) is 25.9 Å². The predicted molar refractivity (Wildman–Crippen MR) is 200 cm³/mol. The molecule has 7 atom stereocenters. The molecule has 0 heterocycles. The Kier molecular flexibility index (Phi) is 28.0. The van der Waals surface area contributed by atoms with Crippen molar-refractivity contribution in [3.05, 3.63) is 0 Å². The van der Waals surface area contributed by atoms with E-state index in [0.717, 1.165) is 0 Å². The number of carboxylic acid groups (broad SMARTS) is 1. The normalized spacial score (nSPS) is 14.9. The number of nitrogens with one attached hydrogen (secondary N) is 6. The Balaban J connectivity index is 5.86. The zero-order chi connectivity index (χ0) is 41.8. The molecule has 6 amide bonds. The van der Waals surface area contributed by atoms with Gasteiger partial charge >= 0.3 is 5.97 Å². The molecule has 0 saturated carbocycles. The first-order chi connectivity index (χ1) is 26.2. The highest BCUT2D eigenvalue weighted by molar-refractivity contribution is 5.97. The van der Waals surface area contributed by atoms with E-state index in [1.165, 1.54) is 0 Å². The number of carboxylic acids is 1. The molecule has 22 heteroatoms. The van der Waals surface area contributed by atoms with Gasteiger partial charge in [-0.05, 0) is 96.8 Å². The van der Waals surface area contributed by atoms with Gasteiger partial charge in [-0.25, -0.2) is 4.79 Å². The summed E-state index contributed by atoms with van der Waals surface area (Å²) in [5.74, 6) is -6.80. The highest BCUT2D eigenvalue weighted by atomic mass is 16.4. The van der Waals surface area contributed by atoms with Crippen molar-refractivity contribution in [1.29, 1.82) is 0 Å². The number of carbonyl (C=O) groups is 7. The Morgan fingerprint density at radius 3 is 0.945 bits per heavy atom. The van der Waals surface area contributed by atoms with E-state index < -0.39 is 104 Å². The van der Waals surface area contributed by atoms with Crippen molar-refractivity contribution >= 4 is 41.4 Å². The van der Waals surface area contributed by atoms with Gasteiger partial charge in [0.25, 0.3) is 0 Å². The highest BCUT2D eigenvalue weighted by Crippen LogP contribution is 2.07. The predicted octanol–water partition coefficient (Wildman–Crippen LogP) is -6.20. The van der Waals surface area contributed by atoms with Gasteiger partial charge in [0.1, 0.15) is 36.3 Å². The number of hydrogen-bond acceptors (Lipinski definition) is 15. The molecule has 0 saturated heterocycles. The Bertz CT molecular complexity index is 1180. The van der Waals surface area contributed by atoms with Crippen LogP contribution < -0.4 is 60.6 Å². The summed E-state index contributed by atoms with van der Waals surface area (Å²) in [6.07, 6.45) is 4.01. The molecule has 0 radical (unpaired) electrons. The molecule has 0 bridgehead atoms. The molecule has 0 fully saturated rings. The van der Waals surface area contributed by atoms with Crippen LogP contribution in [0.5, 0.6) is 0 Å². The van der Waals surface area contributed by atoms with Crippen molar-refractivity contribution in [3.8, 4) is 0 Å². The molecule has 20 N–H and O–H groups in total. The van der Waals surface area contributed by atoms with Crippen molar-refractivity contribution in [2.24, 2.45) is 28.7 Å². The van der Waals surface area contributed by atoms with E-state index >= 15 is 0 Å². The van der Waals surface area contributed by atoms with Crippen LogP contribution >= 0.6 is 0 Å². The lowest BCUT2D eigenvalue weighted by atomic mass is 10.1. The maximum Gasteiger partial charge on any atom is 0.326 e. The molecule has 55 heavy (non-hydrogen) atoms. The van der Waals surface area contributed by atoms with Crippen LogP contribution in [0.2, 0.25) is 0 Å². The quantitative estimate of drug-likeness (QED) is 0.0282. The Morgan fingerprint density at radius 2 is 0.636 bits per heavy atom. The fourth-order valence-corrected chi connectivity index (χ4v) is 5.14. The number of rotatable bonds is 32. The molecule has 0 aromatic rings. The molecule has 22 nitrogen and oxygen atoms in total. The van der Waals surface area contributed by atoms with E-state index in [0.29, 0.717) is 64.5 Å². The summed E-state index contributed by atoms with van der Waals surface area (Å²) >= 11 is 0. The summed E-state index contributed by atoms with van der Waals surface area (Å²) in [6, 6.07) is -9.68. The molecule has 0 aliphatic heterocycles. The summed E-state index contributed by atoms with van der Waals surface area (Å²) in [7, 11) is 0. The first-order valence-electron chi connectivity index (χ1n) is 18.7. The second kappa shape index (κ2) is 30.2. The number of hydrogen-bond donors (Lipinski definition) is 15. The smallest absolute Gasteiger partial charge is 0.326 e. The molecule has 0 rings (SSSR count). The van der Waals surface area contributed by atoms with Crippen LogP contribution in [-0.4, -0.2) is 150 Å². The van der Waals surface area contributed by atoms with Gasteiger partial charge < -0.3 is 81.0 Å². The van der Waals surface area contributed by atoms with E-state index in [1.807, 2.05) is 0 Å². The fraction of sp³-hybridized carbons (Fsp3) is 0.788. The monoisotopic (exact) mass is 791 g/mol. The second-order valence-corrected chi connectivity index (χ2v) is 13.0. The second-order valence-electron chi connectivity index (χ2n) is 13.0. The van der Waals surface area contributed by atoms with Gasteiger partial charge in [0, 0.05) is 0 Å². The molecule has 0 aliphatic carbocycles. The van der Waals surface area contributed by atoms with Crippen molar-refractivity contribution < 1.29 is 54.0 Å². The SMILES string of the molecule is NCCCC[C@H](NC(=O)[C@H](CO)NC(=O)[C@H](CCCCN)NC(=O)[C@H](CO)NC(=O)[C@H](CCCCN)NC(=O)[C@H](CO)NC(=O)[C@@H](N)CCCCN)C(=O)O. The van der Waals surface area contributed by atoms with Crippen molar-refractivity contribution in [3.63, 3.8) is 0 Å². The molecular weight excluding hydrogens is 726 g/mol. The number of unbranched alkanes of at least 4 members (excludes halogenated alkanes) is 4. The van der Waals surface area contributed by atoms with E-state index in [4.69, 9.17) is 28.7 Å². The van der Waals surface area contributed by atoms with Crippen molar-refractivity contribution in [2.45, 2.75) is 119 Å². The van der Waals surface area contributed by atoms with Crippen LogP contribution in [0.4, 0.5) is 0 Å². The standard InChI is InChI=1S/C33H65N11O11/c34-13-5-1-9-20(38)27(48)42-24(17-45)30(51)39-21(10-2-6-14-35)28(49)43-25(18-46)31(52)40-22(11-3-7-15-36)29(50)44-26(19-47)32(53)41-23(33(54)55)12-4-8-16-37/h20-26,45-47H,1-19,34-38H2,(H,39,51)(H,40,52)(H,41,53)(H,42,48)(H,43,49)(H,44,50)(H,54,55)/t20-,21-,22-,23-,24-,25-,26-/m0/s1. The number of carbonyl (C=O) groups excluding carboxylic acids is 6. The number of aliphatic carboxylic acids is 1. The van der Waals surface area contributed by atoms with Gasteiger partial charge in [0.15, 0.2) is 0 Å². The topological polar surface area (TPSA) is 403 Å².